The Morgan fingerprint density at radius 3 is 2.75 bits per heavy atom. The smallest absolute Gasteiger partial charge is 0.274 e. The van der Waals surface area contributed by atoms with Crippen molar-refractivity contribution in [3.8, 4) is 0 Å². The Hall–Kier alpha value is -1.36. The molecule has 0 radical (unpaired) electrons. The highest BCUT2D eigenvalue weighted by molar-refractivity contribution is 5.92. The lowest BCUT2D eigenvalue weighted by atomic mass is 9.92. The summed E-state index contributed by atoms with van der Waals surface area (Å²) >= 11 is 0. The van der Waals surface area contributed by atoms with Gasteiger partial charge in [0.25, 0.3) is 5.91 Å². The molecule has 1 saturated heterocycles. The van der Waals surface area contributed by atoms with E-state index in [0.29, 0.717) is 17.5 Å². The molecule has 0 spiro atoms. The summed E-state index contributed by atoms with van der Waals surface area (Å²) in [7, 11) is 0. The van der Waals surface area contributed by atoms with Crippen LogP contribution < -0.4 is 5.73 Å². The summed E-state index contributed by atoms with van der Waals surface area (Å²) in [6.07, 6.45) is 2.26. The summed E-state index contributed by atoms with van der Waals surface area (Å²) in [6, 6.07) is 2.15. The van der Waals surface area contributed by atoms with Gasteiger partial charge >= 0.3 is 0 Å². The number of fused-ring (bicyclic) bond motifs is 1. The van der Waals surface area contributed by atoms with Gasteiger partial charge in [-0.05, 0) is 30.7 Å². The molecule has 1 saturated carbocycles. The van der Waals surface area contributed by atoms with Crippen molar-refractivity contribution in [2.45, 2.75) is 45.1 Å². The molecule has 0 aromatic carbocycles. The van der Waals surface area contributed by atoms with Gasteiger partial charge in [0, 0.05) is 30.2 Å². The van der Waals surface area contributed by atoms with E-state index in [0.717, 1.165) is 31.6 Å². The van der Waals surface area contributed by atoms with Crippen LogP contribution in [-0.2, 0) is 5.41 Å². The number of nitrogens with one attached hydrogen (secondary N) is 1. The molecule has 1 aromatic rings. The first-order chi connectivity index (χ1) is 9.36. The number of nitrogens with zero attached hydrogens (tertiary/aromatic N) is 2. The van der Waals surface area contributed by atoms with E-state index >= 15 is 0 Å². The van der Waals surface area contributed by atoms with Crippen LogP contribution in [-0.4, -0.2) is 40.1 Å². The first-order valence-corrected chi connectivity index (χ1v) is 7.47. The number of aromatic nitrogens is 2. The van der Waals surface area contributed by atoms with Crippen molar-refractivity contribution in [2.75, 3.05) is 13.1 Å². The van der Waals surface area contributed by atoms with Crippen LogP contribution in [0.3, 0.4) is 0 Å². The molecule has 3 unspecified atom stereocenters. The van der Waals surface area contributed by atoms with Gasteiger partial charge in [-0.3, -0.25) is 9.89 Å². The van der Waals surface area contributed by atoms with Crippen LogP contribution >= 0.6 is 0 Å². The van der Waals surface area contributed by atoms with Gasteiger partial charge in [-0.2, -0.15) is 5.10 Å². The molecule has 3 rings (SSSR count). The molecule has 5 nitrogen and oxygen atoms in total. The third-order valence-electron chi connectivity index (χ3n) is 4.80. The van der Waals surface area contributed by atoms with E-state index in [9.17, 15) is 4.79 Å². The molecule has 3 atom stereocenters. The predicted octanol–water partition coefficient (Wildman–Crippen LogP) is 1.52. The first kappa shape index (κ1) is 13.6. The van der Waals surface area contributed by atoms with Crippen molar-refractivity contribution in [1.29, 1.82) is 0 Å². The normalized spacial score (nSPS) is 29.8. The molecule has 1 aromatic heterocycles. The van der Waals surface area contributed by atoms with Gasteiger partial charge < -0.3 is 10.6 Å². The predicted molar refractivity (Wildman–Crippen MR) is 77.4 cm³/mol. The van der Waals surface area contributed by atoms with Crippen LogP contribution in [0.25, 0.3) is 0 Å². The number of aromatic amines is 1. The Balaban J connectivity index is 1.73. The summed E-state index contributed by atoms with van der Waals surface area (Å²) in [6.45, 7) is 7.95. The minimum atomic E-state index is -0.0185. The number of amides is 1. The molecule has 1 aliphatic carbocycles. The van der Waals surface area contributed by atoms with Gasteiger partial charge in [0.1, 0.15) is 5.69 Å². The highest BCUT2D eigenvalue weighted by Crippen LogP contribution is 2.37. The van der Waals surface area contributed by atoms with Crippen molar-refractivity contribution in [1.82, 2.24) is 15.1 Å². The van der Waals surface area contributed by atoms with E-state index in [-0.39, 0.29) is 17.4 Å². The van der Waals surface area contributed by atoms with Crippen molar-refractivity contribution >= 4 is 5.91 Å². The highest BCUT2D eigenvalue weighted by Gasteiger charge is 2.43. The van der Waals surface area contributed by atoms with Crippen molar-refractivity contribution < 1.29 is 4.79 Å². The van der Waals surface area contributed by atoms with Gasteiger partial charge in [0.2, 0.25) is 0 Å². The molecule has 1 amide bonds. The van der Waals surface area contributed by atoms with Crippen LogP contribution in [0, 0.1) is 11.8 Å². The zero-order valence-electron chi connectivity index (χ0n) is 12.5. The van der Waals surface area contributed by atoms with Gasteiger partial charge in [0.15, 0.2) is 0 Å². The Bertz CT molecular complexity index is 516. The van der Waals surface area contributed by atoms with E-state index in [1.54, 1.807) is 0 Å². The van der Waals surface area contributed by atoms with Crippen molar-refractivity contribution in [2.24, 2.45) is 17.6 Å². The highest BCUT2D eigenvalue weighted by atomic mass is 16.2. The standard InChI is InChI=1S/C15H24N4O/c1-15(2,3)13-6-12(17-18-13)14(20)19-7-9-4-5-11(16)10(9)8-19/h6,9-11H,4-5,7-8,16H2,1-3H3,(H,17,18). The number of rotatable bonds is 1. The molecule has 2 fully saturated rings. The van der Waals surface area contributed by atoms with Crippen LogP contribution in [0.15, 0.2) is 6.07 Å². The Morgan fingerprint density at radius 1 is 1.40 bits per heavy atom. The third kappa shape index (κ3) is 2.24. The maximum Gasteiger partial charge on any atom is 0.274 e. The third-order valence-corrected chi connectivity index (χ3v) is 4.80. The summed E-state index contributed by atoms with van der Waals surface area (Å²) in [4.78, 5) is 14.5. The Labute approximate surface area is 119 Å². The number of H-pyrrole nitrogens is 1. The minimum Gasteiger partial charge on any atom is -0.337 e. The summed E-state index contributed by atoms with van der Waals surface area (Å²) < 4.78 is 0. The number of carbonyl (C=O) groups is 1. The lowest BCUT2D eigenvalue weighted by Crippen LogP contribution is -2.33. The number of likely N-dealkylation sites (tertiary alicyclic amines) is 1. The van der Waals surface area contributed by atoms with E-state index in [2.05, 4.69) is 31.0 Å². The number of hydrogen-bond donors (Lipinski definition) is 2. The molecule has 2 heterocycles. The fourth-order valence-electron chi connectivity index (χ4n) is 3.45. The molecule has 2 aliphatic rings. The topological polar surface area (TPSA) is 75.0 Å². The molecule has 110 valence electrons. The Morgan fingerprint density at radius 2 is 2.15 bits per heavy atom. The second-order valence-corrected chi connectivity index (χ2v) is 7.29. The van der Waals surface area contributed by atoms with Gasteiger partial charge in [-0.15, -0.1) is 0 Å². The molecule has 20 heavy (non-hydrogen) atoms. The summed E-state index contributed by atoms with van der Waals surface area (Å²) in [5.74, 6) is 1.12. The van der Waals surface area contributed by atoms with E-state index in [4.69, 9.17) is 5.73 Å². The van der Waals surface area contributed by atoms with E-state index in [1.807, 2.05) is 11.0 Å². The molecule has 1 aliphatic heterocycles. The second kappa shape index (κ2) is 4.58. The molecular weight excluding hydrogens is 252 g/mol. The summed E-state index contributed by atoms with van der Waals surface area (Å²) in [5.41, 5.74) is 7.63. The quantitative estimate of drug-likeness (QED) is 0.816. The van der Waals surface area contributed by atoms with Gasteiger partial charge in [-0.1, -0.05) is 20.8 Å². The maximum absolute atomic E-state index is 12.5. The van der Waals surface area contributed by atoms with Gasteiger partial charge in [-0.25, -0.2) is 0 Å². The van der Waals surface area contributed by atoms with Crippen LogP contribution in [0.5, 0.6) is 0 Å². The average molecular weight is 276 g/mol. The van der Waals surface area contributed by atoms with E-state index in [1.165, 1.54) is 0 Å². The van der Waals surface area contributed by atoms with Crippen molar-refractivity contribution in [3.63, 3.8) is 0 Å². The summed E-state index contributed by atoms with van der Waals surface area (Å²) in [5, 5.41) is 7.18. The first-order valence-electron chi connectivity index (χ1n) is 7.47. The fourth-order valence-corrected chi connectivity index (χ4v) is 3.45. The van der Waals surface area contributed by atoms with Crippen molar-refractivity contribution in [3.05, 3.63) is 17.5 Å². The monoisotopic (exact) mass is 276 g/mol. The van der Waals surface area contributed by atoms with E-state index < -0.39 is 0 Å². The Kier molecular flexibility index (Phi) is 3.12. The lowest BCUT2D eigenvalue weighted by Gasteiger charge is -2.17. The second-order valence-electron chi connectivity index (χ2n) is 7.29. The lowest BCUT2D eigenvalue weighted by molar-refractivity contribution is 0.0773. The average Bonchev–Trinajstić information content (AvgIpc) is 3.04. The number of hydrogen-bond acceptors (Lipinski definition) is 3. The largest absolute Gasteiger partial charge is 0.337 e. The fraction of sp³-hybridized carbons (Fsp3) is 0.733. The van der Waals surface area contributed by atoms with Crippen LogP contribution in [0.1, 0.15) is 49.8 Å². The number of carbonyl (C=O) groups excluding carboxylic acids is 1. The molecule has 5 heteroatoms. The van der Waals surface area contributed by atoms with Gasteiger partial charge in [0.05, 0.1) is 0 Å². The minimum absolute atomic E-state index is 0.0185. The van der Waals surface area contributed by atoms with Crippen LogP contribution in [0.4, 0.5) is 0 Å². The maximum atomic E-state index is 12.5. The zero-order chi connectivity index (χ0) is 14.5. The zero-order valence-corrected chi connectivity index (χ0v) is 12.5. The number of nitrogens with two attached hydrogens (primary N) is 1. The SMILES string of the molecule is CC(C)(C)c1cc(C(=O)N2CC3CCC(N)C3C2)n[nH]1. The molecular formula is C15H24N4O. The molecule has 0 bridgehead atoms. The molecule has 3 N–H and O–H groups in total. The van der Waals surface area contributed by atoms with Crippen LogP contribution in [0.2, 0.25) is 0 Å².